The van der Waals surface area contributed by atoms with E-state index in [1.807, 2.05) is 0 Å². The van der Waals surface area contributed by atoms with Gasteiger partial charge in [-0.25, -0.2) is 8.42 Å². The molecule has 0 saturated carbocycles. The zero-order valence-corrected chi connectivity index (χ0v) is 10.4. The quantitative estimate of drug-likeness (QED) is 0.819. The van der Waals surface area contributed by atoms with Crippen LogP contribution in [0.2, 0.25) is 0 Å². The Morgan fingerprint density at radius 1 is 1.38 bits per heavy atom. The first kappa shape index (κ1) is 12.7. The van der Waals surface area contributed by atoms with Crippen LogP contribution in [-0.4, -0.2) is 20.0 Å². The summed E-state index contributed by atoms with van der Waals surface area (Å²) in [5.41, 5.74) is 1.87. The van der Waals surface area contributed by atoms with E-state index in [4.69, 9.17) is 0 Å². The molecular formula is C11H15NO3S. The highest BCUT2D eigenvalue weighted by atomic mass is 32.2. The van der Waals surface area contributed by atoms with Crippen LogP contribution in [0.5, 0.6) is 0 Å². The molecule has 0 atom stereocenters. The summed E-state index contributed by atoms with van der Waals surface area (Å²) in [7, 11) is -3.26. The number of carbonyl (C=O) groups excluding carboxylic acids is 1. The Labute approximate surface area is 95.7 Å². The Kier molecular flexibility index (Phi) is 3.70. The van der Waals surface area contributed by atoms with Crippen molar-refractivity contribution in [1.82, 2.24) is 0 Å². The molecule has 5 heteroatoms. The predicted molar refractivity (Wildman–Crippen MR) is 64.3 cm³/mol. The number of anilines is 1. The van der Waals surface area contributed by atoms with E-state index in [9.17, 15) is 13.2 Å². The first-order valence-electron chi connectivity index (χ1n) is 4.98. The molecule has 88 valence electrons. The molecule has 0 amide bonds. The third-order valence-corrected chi connectivity index (χ3v) is 3.57. The van der Waals surface area contributed by atoms with Crippen molar-refractivity contribution in [2.24, 2.45) is 0 Å². The Morgan fingerprint density at radius 3 is 2.44 bits per heavy atom. The predicted octanol–water partition coefficient (Wildman–Crippen LogP) is 1.96. The average molecular weight is 241 g/mol. The van der Waals surface area contributed by atoms with Crippen molar-refractivity contribution in [3.63, 3.8) is 0 Å². The van der Waals surface area contributed by atoms with E-state index in [1.165, 1.54) is 6.92 Å². The Bertz CT molecular complexity index is 506. The summed E-state index contributed by atoms with van der Waals surface area (Å²) in [5, 5.41) is 0. The van der Waals surface area contributed by atoms with Crippen molar-refractivity contribution in [3.05, 3.63) is 29.3 Å². The van der Waals surface area contributed by atoms with Gasteiger partial charge in [0.05, 0.1) is 5.75 Å². The SMILES string of the molecule is CCS(=O)(=O)Nc1ccc(C(C)=O)c(C)c1. The minimum Gasteiger partial charge on any atom is -0.295 e. The van der Waals surface area contributed by atoms with Gasteiger partial charge in [-0.3, -0.25) is 9.52 Å². The fourth-order valence-corrected chi connectivity index (χ4v) is 2.00. The van der Waals surface area contributed by atoms with Crippen LogP contribution in [0, 0.1) is 6.92 Å². The first-order chi connectivity index (χ1) is 7.35. The summed E-state index contributed by atoms with van der Waals surface area (Å²) in [6, 6.07) is 4.88. The molecule has 1 aromatic rings. The van der Waals surface area contributed by atoms with Crippen LogP contribution in [0.3, 0.4) is 0 Å². The van der Waals surface area contributed by atoms with E-state index in [-0.39, 0.29) is 11.5 Å². The number of hydrogen-bond acceptors (Lipinski definition) is 3. The second kappa shape index (κ2) is 4.65. The maximum atomic E-state index is 11.3. The van der Waals surface area contributed by atoms with Gasteiger partial charge in [0.15, 0.2) is 5.78 Å². The first-order valence-corrected chi connectivity index (χ1v) is 6.63. The number of hydrogen-bond donors (Lipinski definition) is 1. The lowest BCUT2D eigenvalue weighted by atomic mass is 10.1. The molecular weight excluding hydrogens is 226 g/mol. The molecule has 0 heterocycles. The van der Waals surface area contributed by atoms with Crippen LogP contribution >= 0.6 is 0 Å². The number of rotatable bonds is 4. The second-order valence-electron chi connectivity index (χ2n) is 3.59. The van der Waals surface area contributed by atoms with E-state index in [0.717, 1.165) is 5.56 Å². The molecule has 0 aliphatic rings. The summed E-state index contributed by atoms with van der Waals surface area (Å²) >= 11 is 0. The standard InChI is InChI=1S/C11H15NO3S/c1-4-16(14,15)12-10-5-6-11(9(3)13)8(2)7-10/h5-7,12H,4H2,1-3H3. The van der Waals surface area contributed by atoms with Crippen molar-refractivity contribution in [3.8, 4) is 0 Å². The molecule has 1 rings (SSSR count). The monoisotopic (exact) mass is 241 g/mol. The molecule has 1 N–H and O–H groups in total. The van der Waals surface area contributed by atoms with Gasteiger partial charge in [0.1, 0.15) is 0 Å². The van der Waals surface area contributed by atoms with Gasteiger partial charge in [-0.2, -0.15) is 0 Å². The smallest absolute Gasteiger partial charge is 0.232 e. The minimum atomic E-state index is -3.26. The second-order valence-corrected chi connectivity index (χ2v) is 5.60. The van der Waals surface area contributed by atoms with Gasteiger partial charge in [0.25, 0.3) is 0 Å². The van der Waals surface area contributed by atoms with E-state index >= 15 is 0 Å². The largest absolute Gasteiger partial charge is 0.295 e. The fraction of sp³-hybridized carbons (Fsp3) is 0.364. The molecule has 0 saturated heterocycles. The van der Waals surface area contributed by atoms with E-state index < -0.39 is 10.0 Å². The Balaban J connectivity index is 3.03. The number of sulfonamides is 1. The molecule has 0 fully saturated rings. The van der Waals surface area contributed by atoms with Crippen LogP contribution < -0.4 is 4.72 Å². The molecule has 0 radical (unpaired) electrons. The van der Waals surface area contributed by atoms with Crippen molar-refractivity contribution < 1.29 is 13.2 Å². The minimum absolute atomic E-state index is 0.0256. The van der Waals surface area contributed by atoms with Crippen LogP contribution in [0.25, 0.3) is 0 Å². The molecule has 1 aromatic carbocycles. The van der Waals surface area contributed by atoms with Gasteiger partial charge in [-0.05, 0) is 44.5 Å². The highest BCUT2D eigenvalue weighted by Gasteiger charge is 2.09. The third kappa shape index (κ3) is 3.06. The molecule has 4 nitrogen and oxygen atoms in total. The van der Waals surface area contributed by atoms with E-state index in [0.29, 0.717) is 11.3 Å². The van der Waals surface area contributed by atoms with Crippen LogP contribution in [0.4, 0.5) is 5.69 Å². The Hall–Kier alpha value is -1.36. The van der Waals surface area contributed by atoms with E-state index in [1.54, 1.807) is 32.0 Å². The normalized spacial score (nSPS) is 11.2. The summed E-state index contributed by atoms with van der Waals surface area (Å²) < 4.78 is 25.1. The summed E-state index contributed by atoms with van der Waals surface area (Å²) in [6.07, 6.45) is 0. The topological polar surface area (TPSA) is 63.2 Å². The molecule has 0 aliphatic carbocycles. The summed E-state index contributed by atoms with van der Waals surface area (Å²) in [6.45, 7) is 4.83. The number of aryl methyl sites for hydroxylation is 1. The summed E-state index contributed by atoms with van der Waals surface area (Å²) in [4.78, 5) is 11.2. The lowest BCUT2D eigenvalue weighted by Crippen LogP contribution is -2.14. The van der Waals surface area contributed by atoms with Gasteiger partial charge < -0.3 is 0 Å². The van der Waals surface area contributed by atoms with Gasteiger partial charge in [0, 0.05) is 11.3 Å². The third-order valence-electron chi connectivity index (χ3n) is 2.26. The number of Topliss-reactive ketones (excluding diaryl/α,β-unsaturated/α-hetero) is 1. The summed E-state index contributed by atoms with van der Waals surface area (Å²) in [5.74, 6) is 0.00272. The molecule has 0 bridgehead atoms. The van der Waals surface area contributed by atoms with Crippen LogP contribution in [0.1, 0.15) is 29.8 Å². The van der Waals surface area contributed by atoms with Crippen molar-refractivity contribution >= 4 is 21.5 Å². The van der Waals surface area contributed by atoms with Gasteiger partial charge in [-0.15, -0.1) is 0 Å². The van der Waals surface area contributed by atoms with Crippen molar-refractivity contribution in [2.45, 2.75) is 20.8 Å². The zero-order chi connectivity index (χ0) is 12.3. The number of nitrogens with one attached hydrogen (secondary N) is 1. The van der Waals surface area contributed by atoms with Gasteiger partial charge in [-0.1, -0.05) is 0 Å². The highest BCUT2D eigenvalue weighted by Crippen LogP contribution is 2.16. The molecule has 0 aliphatic heterocycles. The lowest BCUT2D eigenvalue weighted by Gasteiger charge is -2.08. The van der Waals surface area contributed by atoms with Crippen LogP contribution in [0.15, 0.2) is 18.2 Å². The molecule has 0 spiro atoms. The number of carbonyl (C=O) groups is 1. The van der Waals surface area contributed by atoms with Crippen LogP contribution in [-0.2, 0) is 10.0 Å². The zero-order valence-electron chi connectivity index (χ0n) is 9.57. The van der Waals surface area contributed by atoms with Gasteiger partial charge >= 0.3 is 0 Å². The number of ketones is 1. The Morgan fingerprint density at radius 2 is 2.00 bits per heavy atom. The van der Waals surface area contributed by atoms with Crippen molar-refractivity contribution in [1.29, 1.82) is 0 Å². The van der Waals surface area contributed by atoms with Crippen molar-refractivity contribution in [2.75, 3.05) is 10.5 Å². The molecule has 16 heavy (non-hydrogen) atoms. The number of benzene rings is 1. The lowest BCUT2D eigenvalue weighted by molar-refractivity contribution is 0.101. The van der Waals surface area contributed by atoms with Gasteiger partial charge in [0.2, 0.25) is 10.0 Å². The molecule has 0 unspecified atom stereocenters. The highest BCUT2D eigenvalue weighted by molar-refractivity contribution is 7.92. The maximum Gasteiger partial charge on any atom is 0.232 e. The average Bonchev–Trinajstić information content (AvgIpc) is 2.16. The maximum absolute atomic E-state index is 11.3. The fourth-order valence-electron chi connectivity index (χ4n) is 1.37. The van der Waals surface area contributed by atoms with E-state index in [2.05, 4.69) is 4.72 Å². The molecule has 0 aromatic heterocycles.